The maximum absolute atomic E-state index is 12.9. The molecule has 34 heavy (non-hydrogen) atoms. The van der Waals surface area contributed by atoms with Crippen LogP contribution < -0.4 is 9.47 Å². The molecular weight excluding hydrogens is 438 g/mol. The Morgan fingerprint density at radius 2 is 1.53 bits per heavy atom. The molecule has 0 saturated heterocycles. The summed E-state index contributed by atoms with van der Waals surface area (Å²) in [5.41, 5.74) is 0.951. The van der Waals surface area contributed by atoms with Crippen LogP contribution in [-0.4, -0.2) is 41.6 Å². The van der Waals surface area contributed by atoms with E-state index in [4.69, 9.17) is 18.9 Å². The van der Waals surface area contributed by atoms with Gasteiger partial charge in [0.25, 0.3) is 5.91 Å². The van der Waals surface area contributed by atoms with Crippen LogP contribution in [0.3, 0.4) is 0 Å². The van der Waals surface area contributed by atoms with E-state index in [1.807, 2.05) is 24.3 Å². The van der Waals surface area contributed by atoms with Gasteiger partial charge in [-0.25, -0.2) is 9.69 Å². The molecule has 8 nitrogen and oxygen atoms in total. The molecule has 2 amide bonds. The zero-order valence-electron chi connectivity index (χ0n) is 20.0. The number of hydrogen-bond acceptors (Lipinski definition) is 7. The molecule has 3 rings (SSSR count). The lowest BCUT2D eigenvalue weighted by Gasteiger charge is -2.28. The molecule has 180 valence electrons. The molecule has 0 N–H and O–H groups in total. The predicted molar refractivity (Wildman–Crippen MR) is 124 cm³/mol. The molecule has 2 aromatic carbocycles. The number of methoxy groups -OCH3 is 1. The van der Waals surface area contributed by atoms with Crippen LogP contribution in [0.5, 0.6) is 11.5 Å². The Labute approximate surface area is 199 Å². The van der Waals surface area contributed by atoms with Crippen LogP contribution in [0, 0.1) is 0 Å². The molecule has 1 heterocycles. The van der Waals surface area contributed by atoms with Gasteiger partial charge in [-0.1, -0.05) is 24.3 Å². The summed E-state index contributed by atoms with van der Waals surface area (Å²) in [7, 11) is 1.59. The van der Waals surface area contributed by atoms with Crippen molar-refractivity contribution in [2.75, 3.05) is 7.11 Å². The third-order valence-electron chi connectivity index (χ3n) is 4.91. The Balaban J connectivity index is 1.78. The van der Waals surface area contributed by atoms with Crippen molar-refractivity contribution in [3.63, 3.8) is 0 Å². The van der Waals surface area contributed by atoms with E-state index < -0.39 is 29.6 Å². The number of nitrogens with zero attached hydrogens (tertiary/aromatic N) is 1. The Bertz CT molecular complexity index is 1070. The minimum absolute atomic E-state index is 0.167. The highest BCUT2D eigenvalue weighted by atomic mass is 16.6. The van der Waals surface area contributed by atoms with E-state index >= 15 is 0 Å². The summed E-state index contributed by atoms with van der Waals surface area (Å²) < 4.78 is 21.7. The van der Waals surface area contributed by atoms with Gasteiger partial charge in [-0.3, -0.25) is 9.59 Å². The maximum Gasteiger partial charge on any atom is 0.418 e. The second kappa shape index (κ2) is 10.4. The number of amides is 2. The first-order chi connectivity index (χ1) is 16.1. The lowest BCUT2D eigenvalue weighted by atomic mass is 10.0. The number of rotatable bonds is 7. The highest BCUT2D eigenvalue weighted by molar-refractivity contribution is 6.02. The standard InChI is InChI=1S/C26H29NO7/c1-17(28)33-21-12-8-19(9-13-21)16-32-23-15-24(29)27(25(30)34-26(2,3)4)22(23)14-18-6-10-20(31-5)11-7-18/h6-13,15,22H,14,16H2,1-5H3/t22-/m0/s1. The van der Waals surface area contributed by atoms with Gasteiger partial charge in [0.1, 0.15) is 35.5 Å². The first-order valence-corrected chi connectivity index (χ1v) is 10.9. The smallest absolute Gasteiger partial charge is 0.418 e. The molecule has 1 aliphatic heterocycles. The van der Waals surface area contributed by atoms with Gasteiger partial charge in [0.2, 0.25) is 0 Å². The van der Waals surface area contributed by atoms with Crippen LogP contribution >= 0.6 is 0 Å². The molecule has 0 fully saturated rings. The number of ether oxygens (including phenoxy) is 4. The van der Waals surface area contributed by atoms with Gasteiger partial charge >= 0.3 is 12.1 Å². The second-order valence-electron chi connectivity index (χ2n) is 8.83. The molecule has 0 unspecified atom stereocenters. The van der Waals surface area contributed by atoms with E-state index in [-0.39, 0.29) is 6.61 Å². The zero-order valence-corrected chi connectivity index (χ0v) is 20.0. The number of imide groups is 1. The van der Waals surface area contributed by atoms with E-state index in [9.17, 15) is 14.4 Å². The topological polar surface area (TPSA) is 91.4 Å². The monoisotopic (exact) mass is 467 g/mol. The van der Waals surface area contributed by atoms with E-state index in [1.165, 1.54) is 13.0 Å². The summed E-state index contributed by atoms with van der Waals surface area (Å²) >= 11 is 0. The van der Waals surface area contributed by atoms with Crippen molar-refractivity contribution >= 4 is 18.0 Å². The quantitative estimate of drug-likeness (QED) is 0.440. The number of carbonyl (C=O) groups is 3. The lowest BCUT2D eigenvalue weighted by molar-refractivity contribution is -0.132. The summed E-state index contributed by atoms with van der Waals surface area (Å²) in [4.78, 5) is 37.8. The summed E-state index contributed by atoms with van der Waals surface area (Å²) in [5, 5.41) is 0. The fourth-order valence-electron chi connectivity index (χ4n) is 3.40. The van der Waals surface area contributed by atoms with Gasteiger partial charge in [0, 0.05) is 19.4 Å². The largest absolute Gasteiger partial charge is 0.497 e. The first-order valence-electron chi connectivity index (χ1n) is 10.9. The highest BCUT2D eigenvalue weighted by Crippen LogP contribution is 2.28. The van der Waals surface area contributed by atoms with Crippen LogP contribution in [0.1, 0.15) is 38.8 Å². The third-order valence-corrected chi connectivity index (χ3v) is 4.91. The average Bonchev–Trinajstić information content (AvgIpc) is 3.07. The summed E-state index contributed by atoms with van der Waals surface area (Å²) in [6.07, 6.45) is 0.953. The van der Waals surface area contributed by atoms with Gasteiger partial charge in [0.15, 0.2) is 0 Å². The second-order valence-corrected chi connectivity index (χ2v) is 8.83. The Kier molecular flexibility index (Phi) is 7.61. The molecule has 1 aliphatic rings. The normalized spacial score (nSPS) is 15.6. The number of hydrogen-bond donors (Lipinski definition) is 0. The van der Waals surface area contributed by atoms with Crippen molar-refractivity contribution in [3.05, 3.63) is 71.5 Å². The summed E-state index contributed by atoms with van der Waals surface area (Å²) in [5.74, 6) is 0.616. The molecule has 0 radical (unpaired) electrons. The van der Waals surface area contributed by atoms with Crippen molar-refractivity contribution in [1.29, 1.82) is 0 Å². The molecule has 0 spiro atoms. The van der Waals surface area contributed by atoms with Gasteiger partial charge in [0.05, 0.1) is 7.11 Å². The molecule has 0 saturated carbocycles. The van der Waals surface area contributed by atoms with Gasteiger partial charge in [-0.2, -0.15) is 0 Å². The summed E-state index contributed by atoms with van der Waals surface area (Å²) in [6, 6.07) is 13.6. The van der Waals surface area contributed by atoms with Crippen LogP contribution in [0.2, 0.25) is 0 Å². The Hall–Kier alpha value is -3.81. The van der Waals surface area contributed by atoms with Crippen LogP contribution in [0.4, 0.5) is 4.79 Å². The molecular formula is C26H29NO7. The van der Waals surface area contributed by atoms with E-state index in [0.717, 1.165) is 16.0 Å². The fourth-order valence-corrected chi connectivity index (χ4v) is 3.40. The van der Waals surface area contributed by atoms with Gasteiger partial charge in [-0.15, -0.1) is 0 Å². The highest BCUT2D eigenvalue weighted by Gasteiger charge is 2.41. The Morgan fingerprint density at radius 3 is 2.09 bits per heavy atom. The molecule has 8 heteroatoms. The third kappa shape index (κ3) is 6.60. The van der Waals surface area contributed by atoms with Crippen molar-refractivity contribution in [3.8, 4) is 11.5 Å². The van der Waals surface area contributed by atoms with Crippen LogP contribution in [0.15, 0.2) is 60.4 Å². The van der Waals surface area contributed by atoms with E-state index in [0.29, 0.717) is 23.7 Å². The van der Waals surface area contributed by atoms with Gasteiger partial charge < -0.3 is 18.9 Å². The molecule has 0 aromatic heterocycles. The number of esters is 1. The SMILES string of the molecule is COc1ccc(C[C@H]2C(OCc3ccc(OC(C)=O)cc3)=CC(=O)N2C(=O)OC(C)(C)C)cc1. The first kappa shape index (κ1) is 24.8. The molecule has 1 atom stereocenters. The van der Waals surface area contributed by atoms with Crippen LogP contribution in [-0.2, 0) is 32.1 Å². The average molecular weight is 468 g/mol. The van der Waals surface area contributed by atoms with Gasteiger partial charge in [-0.05, 0) is 56.2 Å². The zero-order chi connectivity index (χ0) is 24.9. The molecule has 0 bridgehead atoms. The number of carbonyl (C=O) groups excluding carboxylic acids is 3. The predicted octanol–water partition coefficient (Wildman–Crippen LogP) is 4.41. The van der Waals surface area contributed by atoms with E-state index in [1.54, 1.807) is 52.1 Å². The minimum atomic E-state index is -0.755. The van der Waals surface area contributed by atoms with Crippen molar-refractivity contribution in [1.82, 2.24) is 4.90 Å². The minimum Gasteiger partial charge on any atom is -0.497 e. The van der Waals surface area contributed by atoms with Crippen molar-refractivity contribution in [2.24, 2.45) is 0 Å². The molecule has 2 aromatic rings. The van der Waals surface area contributed by atoms with E-state index in [2.05, 4.69) is 0 Å². The lowest BCUT2D eigenvalue weighted by Crippen LogP contribution is -2.44. The van der Waals surface area contributed by atoms with Crippen molar-refractivity contribution < 1.29 is 33.3 Å². The number of benzene rings is 2. The fraction of sp³-hybridized carbons (Fsp3) is 0.346. The van der Waals surface area contributed by atoms with Crippen molar-refractivity contribution in [2.45, 2.75) is 52.4 Å². The summed E-state index contributed by atoms with van der Waals surface area (Å²) in [6.45, 7) is 6.73. The molecule has 0 aliphatic carbocycles. The Morgan fingerprint density at radius 1 is 0.941 bits per heavy atom. The van der Waals surface area contributed by atoms with Crippen LogP contribution in [0.25, 0.3) is 0 Å². The maximum atomic E-state index is 12.9.